The van der Waals surface area contributed by atoms with E-state index in [1.807, 2.05) is 32.9 Å². The summed E-state index contributed by atoms with van der Waals surface area (Å²) in [5, 5.41) is 8.70. The topological polar surface area (TPSA) is 37.3 Å². The maximum atomic E-state index is 10.6. The largest absolute Gasteiger partial charge is 0.481 e. The number of hydrogen-bond donors (Lipinski definition) is 1. The van der Waals surface area contributed by atoms with E-state index in [-0.39, 0.29) is 11.8 Å². The molecule has 0 amide bonds. The lowest BCUT2D eigenvalue weighted by Crippen LogP contribution is -2.20. The molecule has 0 rings (SSSR count). The van der Waals surface area contributed by atoms with E-state index in [0.29, 0.717) is 0 Å². The Labute approximate surface area is 74.3 Å². The van der Waals surface area contributed by atoms with E-state index in [1.54, 1.807) is 0 Å². The van der Waals surface area contributed by atoms with Gasteiger partial charge in [-0.05, 0) is 25.2 Å². The van der Waals surface area contributed by atoms with Gasteiger partial charge in [0.25, 0.3) is 0 Å². The van der Waals surface area contributed by atoms with Crippen LogP contribution >= 0.6 is 0 Å². The molecule has 2 heteroatoms. The lowest BCUT2D eigenvalue weighted by molar-refractivity contribution is -0.139. The highest BCUT2D eigenvalue weighted by Gasteiger charge is 2.25. The molecule has 0 radical (unpaired) electrons. The van der Waals surface area contributed by atoms with Crippen LogP contribution in [0.1, 0.15) is 40.0 Å². The van der Waals surface area contributed by atoms with Gasteiger partial charge in [-0.25, -0.2) is 0 Å². The van der Waals surface area contributed by atoms with Crippen LogP contribution in [0.5, 0.6) is 0 Å². The third-order valence-corrected chi connectivity index (χ3v) is 2.43. The van der Waals surface area contributed by atoms with Gasteiger partial charge in [0.15, 0.2) is 0 Å². The predicted molar refractivity (Wildman–Crippen MR) is 50.1 cm³/mol. The first kappa shape index (κ1) is 11.2. The minimum Gasteiger partial charge on any atom is -0.481 e. The Balaban J connectivity index is 4.45. The Morgan fingerprint density at radius 1 is 1.42 bits per heavy atom. The summed E-state index contributed by atoms with van der Waals surface area (Å²) in [4.78, 5) is 10.6. The number of aliphatic carboxylic acids is 1. The fourth-order valence-corrected chi connectivity index (χ4v) is 1.45. The molecule has 0 heterocycles. The van der Waals surface area contributed by atoms with Crippen molar-refractivity contribution >= 4 is 5.97 Å². The number of allylic oxidation sites excluding steroid dienone is 2. The van der Waals surface area contributed by atoms with Crippen molar-refractivity contribution in [2.24, 2.45) is 5.41 Å². The molecule has 0 saturated carbocycles. The summed E-state index contributed by atoms with van der Waals surface area (Å²) in [6.45, 7) is 6.00. The fourth-order valence-electron chi connectivity index (χ4n) is 1.45. The van der Waals surface area contributed by atoms with E-state index >= 15 is 0 Å². The van der Waals surface area contributed by atoms with Gasteiger partial charge in [-0.1, -0.05) is 26.0 Å². The second kappa shape index (κ2) is 4.96. The summed E-state index contributed by atoms with van der Waals surface area (Å²) in [7, 11) is 0. The van der Waals surface area contributed by atoms with Gasteiger partial charge < -0.3 is 5.11 Å². The van der Waals surface area contributed by atoms with Gasteiger partial charge in [0, 0.05) is 0 Å². The van der Waals surface area contributed by atoms with Crippen molar-refractivity contribution in [2.45, 2.75) is 40.0 Å². The van der Waals surface area contributed by atoms with Crippen molar-refractivity contribution < 1.29 is 9.90 Å². The molecule has 0 atom stereocenters. The van der Waals surface area contributed by atoms with Crippen LogP contribution in [0.4, 0.5) is 0 Å². The molecule has 0 aromatic rings. The molecule has 12 heavy (non-hydrogen) atoms. The molecule has 0 unspecified atom stereocenters. The van der Waals surface area contributed by atoms with Gasteiger partial charge in [-0.3, -0.25) is 4.79 Å². The molecular weight excluding hydrogens is 152 g/mol. The van der Waals surface area contributed by atoms with Crippen molar-refractivity contribution in [3.63, 3.8) is 0 Å². The normalized spacial score (nSPS) is 12.2. The van der Waals surface area contributed by atoms with Gasteiger partial charge in [0.1, 0.15) is 0 Å². The first-order valence-electron chi connectivity index (χ1n) is 4.46. The monoisotopic (exact) mass is 170 g/mol. The molecule has 0 fully saturated rings. The molecule has 0 aliphatic carbocycles. The summed E-state index contributed by atoms with van der Waals surface area (Å²) in [6.07, 6.45) is 5.97. The molecule has 0 bridgehead atoms. The summed E-state index contributed by atoms with van der Waals surface area (Å²) in [5.41, 5.74) is -0.124. The van der Waals surface area contributed by atoms with Crippen LogP contribution in [0.25, 0.3) is 0 Å². The standard InChI is InChI=1S/C10H18O2/c1-4-7-10(5-2,6-3)8-9(11)12/h4,7H,5-6,8H2,1-3H3,(H,11,12). The average Bonchev–Trinajstić information content (AvgIpc) is 2.03. The Morgan fingerprint density at radius 3 is 2.17 bits per heavy atom. The Morgan fingerprint density at radius 2 is 1.92 bits per heavy atom. The van der Waals surface area contributed by atoms with Crippen molar-refractivity contribution in [2.75, 3.05) is 0 Å². The molecular formula is C10H18O2. The first-order chi connectivity index (χ1) is 5.60. The molecule has 0 aliphatic rings. The smallest absolute Gasteiger partial charge is 0.304 e. The van der Waals surface area contributed by atoms with Gasteiger partial charge in [0.05, 0.1) is 6.42 Å². The number of carbonyl (C=O) groups is 1. The van der Waals surface area contributed by atoms with E-state index in [1.165, 1.54) is 0 Å². The molecule has 0 spiro atoms. The average molecular weight is 170 g/mol. The van der Waals surface area contributed by atoms with E-state index < -0.39 is 5.97 Å². The van der Waals surface area contributed by atoms with Gasteiger partial charge in [-0.2, -0.15) is 0 Å². The molecule has 2 nitrogen and oxygen atoms in total. The van der Waals surface area contributed by atoms with Crippen LogP contribution in [-0.4, -0.2) is 11.1 Å². The summed E-state index contributed by atoms with van der Waals surface area (Å²) >= 11 is 0. The Bertz CT molecular complexity index is 167. The lowest BCUT2D eigenvalue weighted by atomic mass is 9.79. The minimum atomic E-state index is -0.711. The molecule has 0 aromatic carbocycles. The maximum Gasteiger partial charge on any atom is 0.304 e. The van der Waals surface area contributed by atoms with E-state index in [0.717, 1.165) is 12.8 Å². The van der Waals surface area contributed by atoms with E-state index in [2.05, 4.69) is 0 Å². The fraction of sp³-hybridized carbons (Fsp3) is 0.700. The van der Waals surface area contributed by atoms with Gasteiger partial charge in [0.2, 0.25) is 0 Å². The summed E-state index contributed by atoms with van der Waals surface area (Å²) < 4.78 is 0. The highest BCUT2D eigenvalue weighted by Crippen LogP contribution is 2.32. The van der Waals surface area contributed by atoms with Gasteiger partial charge >= 0.3 is 5.97 Å². The van der Waals surface area contributed by atoms with Gasteiger partial charge in [-0.15, -0.1) is 0 Å². The van der Waals surface area contributed by atoms with Crippen molar-refractivity contribution in [1.29, 1.82) is 0 Å². The second-order valence-corrected chi connectivity index (χ2v) is 3.14. The Kier molecular flexibility index (Phi) is 4.64. The van der Waals surface area contributed by atoms with Crippen molar-refractivity contribution in [3.8, 4) is 0 Å². The lowest BCUT2D eigenvalue weighted by Gasteiger charge is -2.25. The number of hydrogen-bond acceptors (Lipinski definition) is 1. The predicted octanol–water partition coefficient (Wildman–Crippen LogP) is 2.84. The van der Waals surface area contributed by atoms with Crippen LogP contribution in [0.3, 0.4) is 0 Å². The van der Waals surface area contributed by atoms with Crippen molar-refractivity contribution in [3.05, 3.63) is 12.2 Å². The third kappa shape index (κ3) is 3.07. The third-order valence-electron chi connectivity index (χ3n) is 2.43. The molecule has 0 aromatic heterocycles. The summed E-state index contributed by atoms with van der Waals surface area (Å²) in [5.74, 6) is -0.711. The van der Waals surface area contributed by atoms with Crippen molar-refractivity contribution in [1.82, 2.24) is 0 Å². The molecule has 0 saturated heterocycles. The number of carboxylic acid groups (broad SMARTS) is 1. The Hall–Kier alpha value is -0.790. The summed E-state index contributed by atoms with van der Waals surface area (Å²) in [6, 6.07) is 0. The number of carboxylic acids is 1. The first-order valence-corrected chi connectivity index (χ1v) is 4.46. The maximum absolute atomic E-state index is 10.6. The van der Waals surface area contributed by atoms with Crippen LogP contribution in [0.15, 0.2) is 12.2 Å². The van der Waals surface area contributed by atoms with E-state index in [9.17, 15) is 4.79 Å². The van der Waals surface area contributed by atoms with E-state index in [4.69, 9.17) is 5.11 Å². The number of rotatable bonds is 5. The zero-order chi connectivity index (χ0) is 9.61. The molecule has 1 N–H and O–H groups in total. The molecule has 70 valence electrons. The van der Waals surface area contributed by atoms with Crippen LogP contribution in [-0.2, 0) is 4.79 Å². The quantitative estimate of drug-likeness (QED) is 0.644. The SMILES string of the molecule is CC=CC(CC)(CC)CC(=O)O. The highest BCUT2D eigenvalue weighted by molar-refractivity contribution is 5.68. The highest BCUT2D eigenvalue weighted by atomic mass is 16.4. The van der Waals surface area contributed by atoms with Crippen LogP contribution in [0, 0.1) is 5.41 Å². The minimum absolute atomic E-state index is 0.124. The molecule has 0 aliphatic heterocycles. The van der Waals surface area contributed by atoms with Crippen LogP contribution in [0.2, 0.25) is 0 Å². The second-order valence-electron chi connectivity index (χ2n) is 3.14. The zero-order valence-corrected chi connectivity index (χ0v) is 8.13. The zero-order valence-electron chi connectivity index (χ0n) is 8.13. The van der Waals surface area contributed by atoms with Crippen LogP contribution < -0.4 is 0 Å².